The van der Waals surface area contributed by atoms with Crippen LogP contribution in [0.15, 0.2) is 29.2 Å². The van der Waals surface area contributed by atoms with E-state index in [0.717, 1.165) is 9.92 Å². The second-order valence-electron chi connectivity index (χ2n) is 2.44. The highest BCUT2D eigenvalue weighted by molar-refractivity contribution is 8.31. The van der Waals surface area contributed by atoms with Crippen molar-refractivity contribution in [2.75, 3.05) is 6.26 Å². The number of halogens is 1. The molecule has 1 aromatic rings. The van der Waals surface area contributed by atoms with Gasteiger partial charge in [0.2, 0.25) is 0 Å². The summed E-state index contributed by atoms with van der Waals surface area (Å²) in [7, 11) is -1.17. The standard InChI is InChI=1S/C7H8ClNOS/c1-11(9-10-11)7-5-3-2-4-6(7)8/h2-5,9H,1H3. The minimum absolute atomic E-state index is 0.773. The van der Waals surface area contributed by atoms with Gasteiger partial charge in [0.1, 0.15) is 0 Å². The Morgan fingerprint density at radius 2 is 2.09 bits per heavy atom. The van der Waals surface area contributed by atoms with Gasteiger partial charge in [0.25, 0.3) is 0 Å². The highest BCUT2D eigenvalue weighted by Crippen LogP contribution is 2.62. The smallest absolute Gasteiger partial charge is 0.0561 e. The van der Waals surface area contributed by atoms with Gasteiger partial charge in [-0.25, -0.2) is 4.28 Å². The number of benzene rings is 1. The molecule has 1 atom stereocenters. The Morgan fingerprint density at radius 3 is 2.64 bits per heavy atom. The van der Waals surface area contributed by atoms with Crippen LogP contribution in [-0.4, -0.2) is 6.26 Å². The maximum absolute atomic E-state index is 5.95. The van der Waals surface area contributed by atoms with E-state index in [4.69, 9.17) is 15.9 Å². The Kier molecular flexibility index (Phi) is 1.61. The Morgan fingerprint density at radius 1 is 1.45 bits per heavy atom. The molecule has 1 aliphatic rings. The van der Waals surface area contributed by atoms with Crippen molar-refractivity contribution in [2.45, 2.75) is 4.90 Å². The van der Waals surface area contributed by atoms with Crippen molar-refractivity contribution in [3.63, 3.8) is 0 Å². The van der Waals surface area contributed by atoms with E-state index in [1.165, 1.54) is 0 Å². The number of rotatable bonds is 1. The molecule has 1 fully saturated rings. The Labute approximate surface area is 72.1 Å². The lowest BCUT2D eigenvalue weighted by atomic mass is 10.4. The second-order valence-corrected chi connectivity index (χ2v) is 5.31. The third-order valence-electron chi connectivity index (χ3n) is 1.59. The lowest BCUT2D eigenvalue weighted by Crippen LogP contribution is -1.84. The van der Waals surface area contributed by atoms with Gasteiger partial charge in [0.15, 0.2) is 0 Å². The van der Waals surface area contributed by atoms with E-state index in [2.05, 4.69) is 4.89 Å². The maximum Gasteiger partial charge on any atom is 0.0561 e. The summed E-state index contributed by atoms with van der Waals surface area (Å²) in [6.45, 7) is 0. The topological polar surface area (TPSA) is 34.5 Å². The molecule has 2 rings (SSSR count). The van der Waals surface area contributed by atoms with Crippen LogP contribution in [0.5, 0.6) is 0 Å². The van der Waals surface area contributed by atoms with Crippen LogP contribution in [0.25, 0.3) is 0 Å². The zero-order valence-electron chi connectivity index (χ0n) is 6.00. The number of hydrogen-bond acceptors (Lipinski definition) is 2. The maximum atomic E-state index is 5.95. The average molecular weight is 190 g/mol. The first-order chi connectivity index (χ1) is 5.22. The summed E-state index contributed by atoms with van der Waals surface area (Å²) in [5.74, 6) is 0. The van der Waals surface area contributed by atoms with Crippen molar-refractivity contribution in [1.82, 2.24) is 4.89 Å². The second kappa shape index (κ2) is 2.38. The Hall–Kier alpha value is -0.220. The molecule has 0 radical (unpaired) electrons. The summed E-state index contributed by atoms with van der Waals surface area (Å²) in [5.41, 5.74) is 0. The SMILES string of the molecule is CS1(c2ccccc2Cl)NO1. The van der Waals surface area contributed by atoms with Gasteiger partial charge < -0.3 is 0 Å². The van der Waals surface area contributed by atoms with Crippen LogP contribution in [0, 0.1) is 0 Å². The predicted octanol–water partition coefficient (Wildman–Crippen LogP) is 2.50. The molecule has 1 saturated heterocycles. The van der Waals surface area contributed by atoms with Crippen molar-refractivity contribution >= 4 is 22.1 Å². The van der Waals surface area contributed by atoms with Crippen LogP contribution >= 0.6 is 22.1 Å². The molecule has 11 heavy (non-hydrogen) atoms. The van der Waals surface area contributed by atoms with Gasteiger partial charge in [-0.15, -0.1) is 4.89 Å². The van der Waals surface area contributed by atoms with Crippen molar-refractivity contribution in [2.24, 2.45) is 0 Å². The highest BCUT2D eigenvalue weighted by Gasteiger charge is 2.37. The number of nitrogens with one attached hydrogen (secondary N) is 1. The van der Waals surface area contributed by atoms with Gasteiger partial charge >= 0.3 is 0 Å². The molecule has 0 aromatic heterocycles. The molecule has 1 aliphatic heterocycles. The van der Waals surface area contributed by atoms with E-state index in [9.17, 15) is 0 Å². The van der Waals surface area contributed by atoms with Gasteiger partial charge in [-0.3, -0.25) is 0 Å². The van der Waals surface area contributed by atoms with Crippen LogP contribution < -0.4 is 4.89 Å². The zero-order chi connectivity index (χ0) is 7.90. The zero-order valence-corrected chi connectivity index (χ0v) is 7.58. The largest absolute Gasteiger partial charge is 0.222 e. The fraction of sp³-hybridized carbons (Fsp3) is 0.143. The van der Waals surface area contributed by atoms with E-state index in [1.807, 2.05) is 30.5 Å². The third kappa shape index (κ3) is 1.25. The van der Waals surface area contributed by atoms with E-state index in [-0.39, 0.29) is 0 Å². The summed E-state index contributed by atoms with van der Waals surface area (Å²) in [5, 5.41) is 0.773. The summed E-state index contributed by atoms with van der Waals surface area (Å²) < 4.78 is 5.11. The Bertz CT molecular complexity index is 288. The molecule has 1 heterocycles. The molecular weight excluding hydrogens is 182 g/mol. The van der Waals surface area contributed by atoms with E-state index >= 15 is 0 Å². The minimum Gasteiger partial charge on any atom is -0.222 e. The molecule has 0 spiro atoms. The lowest BCUT2D eigenvalue weighted by Gasteiger charge is -2.08. The van der Waals surface area contributed by atoms with Crippen LogP contribution in [0.4, 0.5) is 0 Å². The highest BCUT2D eigenvalue weighted by atomic mass is 35.5. The molecule has 60 valence electrons. The molecule has 0 amide bonds. The Balaban J connectivity index is 2.45. The predicted molar refractivity (Wildman–Crippen MR) is 47.5 cm³/mol. The van der Waals surface area contributed by atoms with Gasteiger partial charge in [0, 0.05) is 11.2 Å². The van der Waals surface area contributed by atoms with Crippen LogP contribution in [0.3, 0.4) is 0 Å². The first kappa shape index (κ1) is 7.43. The van der Waals surface area contributed by atoms with Gasteiger partial charge in [-0.05, 0) is 22.6 Å². The molecule has 1 aromatic carbocycles. The monoisotopic (exact) mass is 189 g/mol. The van der Waals surface area contributed by atoms with Crippen molar-refractivity contribution in [1.29, 1.82) is 0 Å². The van der Waals surface area contributed by atoms with Crippen molar-refractivity contribution in [3.8, 4) is 0 Å². The van der Waals surface area contributed by atoms with Gasteiger partial charge in [-0.2, -0.15) is 0 Å². The fourth-order valence-corrected chi connectivity index (χ4v) is 2.85. The molecule has 0 aliphatic carbocycles. The van der Waals surface area contributed by atoms with Gasteiger partial charge in [0.05, 0.1) is 5.02 Å². The normalized spacial score (nSPS) is 34.4. The van der Waals surface area contributed by atoms with E-state index < -0.39 is 10.5 Å². The third-order valence-corrected chi connectivity index (χ3v) is 3.89. The minimum atomic E-state index is -1.17. The number of hydrogen-bond donors (Lipinski definition) is 1. The van der Waals surface area contributed by atoms with Crippen molar-refractivity contribution < 1.29 is 4.28 Å². The first-order valence-corrected chi connectivity index (χ1v) is 5.55. The van der Waals surface area contributed by atoms with Crippen LogP contribution in [0.1, 0.15) is 0 Å². The molecule has 0 saturated carbocycles. The quantitative estimate of drug-likeness (QED) is 0.689. The van der Waals surface area contributed by atoms with E-state index in [0.29, 0.717) is 0 Å². The van der Waals surface area contributed by atoms with Crippen molar-refractivity contribution in [3.05, 3.63) is 29.3 Å². The molecule has 2 nitrogen and oxygen atoms in total. The molecule has 4 heteroatoms. The average Bonchev–Trinajstić information content (AvgIpc) is 2.70. The van der Waals surface area contributed by atoms with Crippen LogP contribution in [0.2, 0.25) is 5.02 Å². The van der Waals surface area contributed by atoms with Crippen LogP contribution in [-0.2, 0) is 4.28 Å². The first-order valence-electron chi connectivity index (χ1n) is 3.20. The summed E-state index contributed by atoms with van der Waals surface area (Å²) >= 11 is 5.95. The molecular formula is C7H8ClNOS. The van der Waals surface area contributed by atoms with Gasteiger partial charge in [-0.1, -0.05) is 23.7 Å². The summed E-state index contributed by atoms with van der Waals surface area (Å²) in [6, 6.07) is 7.73. The molecule has 1 unspecified atom stereocenters. The molecule has 0 bridgehead atoms. The lowest BCUT2D eigenvalue weighted by molar-refractivity contribution is 0.468. The summed E-state index contributed by atoms with van der Waals surface area (Å²) in [4.78, 5) is 3.94. The fourth-order valence-electron chi connectivity index (χ4n) is 0.901. The summed E-state index contributed by atoms with van der Waals surface area (Å²) in [6.07, 6.45) is 2.02. The molecule has 1 N–H and O–H groups in total. The van der Waals surface area contributed by atoms with E-state index in [1.54, 1.807) is 0 Å².